The fourth-order valence-corrected chi connectivity index (χ4v) is 1.90. The third-order valence-corrected chi connectivity index (χ3v) is 3.04. The maximum Gasteiger partial charge on any atom is 0.341 e. The van der Waals surface area contributed by atoms with Crippen molar-refractivity contribution in [2.45, 2.75) is 0 Å². The topological polar surface area (TPSA) is 58.9 Å². The molecule has 0 aliphatic heterocycles. The van der Waals surface area contributed by atoms with E-state index in [1.54, 1.807) is 48.7 Å². The number of rotatable bonds is 5. The van der Waals surface area contributed by atoms with E-state index in [0.29, 0.717) is 15.8 Å². The summed E-state index contributed by atoms with van der Waals surface area (Å²) in [7, 11) is 0. The van der Waals surface area contributed by atoms with Gasteiger partial charge in [-0.05, 0) is 48.0 Å². The van der Waals surface area contributed by atoms with Crippen molar-refractivity contribution in [3.63, 3.8) is 0 Å². The van der Waals surface area contributed by atoms with Crippen molar-refractivity contribution in [3.05, 3.63) is 58.1 Å². The van der Waals surface area contributed by atoms with Crippen LogP contribution in [0.2, 0.25) is 10.0 Å². The number of hydrogen-bond donors (Lipinski definition) is 1. The van der Waals surface area contributed by atoms with Gasteiger partial charge in [0.2, 0.25) is 0 Å². The predicted octanol–water partition coefficient (Wildman–Crippen LogP) is 4.21. The zero-order valence-electron chi connectivity index (χ0n) is 10.8. The van der Waals surface area contributed by atoms with E-state index in [0.717, 1.165) is 11.3 Å². The Morgan fingerprint density at radius 2 is 1.90 bits per heavy atom. The molecule has 6 heteroatoms. The number of carboxylic acid groups (broad SMARTS) is 1. The van der Waals surface area contributed by atoms with Crippen molar-refractivity contribution in [3.8, 4) is 5.75 Å². The lowest BCUT2D eigenvalue weighted by molar-refractivity contribution is -0.139. The van der Waals surface area contributed by atoms with Gasteiger partial charge in [-0.2, -0.15) is 0 Å². The lowest BCUT2D eigenvalue weighted by Gasteiger charge is -2.05. The average molecular weight is 324 g/mol. The number of aliphatic imine (C=N–C) groups is 1. The maximum absolute atomic E-state index is 10.4. The summed E-state index contributed by atoms with van der Waals surface area (Å²) >= 11 is 11.8. The molecule has 0 saturated heterocycles. The molecule has 0 aliphatic rings. The minimum atomic E-state index is -1.06. The standard InChI is InChI=1S/C15H11Cl2NO3/c16-11-2-4-12(5-3-11)18-8-10-1-6-14(13(17)7-10)21-9-15(19)20/h1-8H,9H2,(H,19,20). The van der Waals surface area contributed by atoms with Gasteiger partial charge in [0.05, 0.1) is 10.7 Å². The van der Waals surface area contributed by atoms with Crippen LogP contribution in [0.25, 0.3) is 0 Å². The zero-order valence-corrected chi connectivity index (χ0v) is 12.3. The quantitative estimate of drug-likeness (QED) is 0.838. The summed E-state index contributed by atoms with van der Waals surface area (Å²) in [5.41, 5.74) is 1.54. The molecule has 0 atom stereocenters. The summed E-state index contributed by atoms with van der Waals surface area (Å²) in [6.07, 6.45) is 1.65. The first kappa shape index (κ1) is 15.4. The Morgan fingerprint density at radius 1 is 1.19 bits per heavy atom. The highest BCUT2D eigenvalue weighted by molar-refractivity contribution is 6.32. The molecule has 0 amide bonds. The number of benzene rings is 2. The molecule has 21 heavy (non-hydrogen) atoms. The molecule has 0 aromatic heterocycles. The van der Waals surface area contributed by atoms with Crippen LogP contribution >= 0.6 is 23.2 Å². The second-order valence-corrected chi connectivity index (χ2v) is 4.95. The van der Waals surface area contributed by atoms with Gasteiger partial charge in [-0.25, -0.2) is 4.79 Å². The number of carbonyl (C=O) groups is 1. The number of hydrogen-bond acceptors (Lipinski definition) is 3. The largest absolute Gasteiger partial charge is 0.480 e. The van der Waals surface area contributed by atoms with Gasteiger partial charge in [-0.15, -0.1) is 0 Å². The second-order valence-electron chi connectivity index (χ2n) is 4.11. The Kier molecular flexibility index (Phi) is 5.20. The van der Waals surface area contributed by atoms with Gasteiger partial charge >= 0.3 is 5.97 Å². The van der Waals surface area contributed by atoms with E-state index in [9.17, 15) is 4.79 Å². The SMILES string of the molecule is O=C(O)COc1ccc(C=Nc2ccc(Cl)cc2)cc1Cl. The van der Waals surface area contributed by atoms with Gasteiger partial charge < -0.3 is 9.84 Å². The Hall–Kier alpha value is -2.04. The third-order valence-electron chi connectivity index (χ3n) is 2.50. The molecule has 0 unspecified atom stereocenters. The maximum atomic E-state index is 10.4. The highest BCUT2D eigenvalue weighted by Crippen LogP contribution is 2.25. The summed E-state index contributed by atoms with van der Waals surface area (Å²) in [4.78, 5) is 14.7. The molecule has 0 heterocycles. The fourth-order valence-electron chi connectivity index (χ4n) is 1.53. The van der Waals surface area contributed by atoms with Crippen LogP contribution in [0.5, 0.6) is 5.75 Å². The molecular weight excluding hydrogens is 313 g/mol. The first-order chi connectivity index (χ1) is 10.0. The van der Waals surface area contributed by atoms with E-state index in [4.69, 9.17) is 33.0 Å². The molecule has 2 aromatic rings. The minimum absolute atomic E-state index is 0.322. The lowest BCUT2D eigenvalue weighted by Crippen LogP contribution is -2.09. The van der Waals surface area contributed by atoms with Crippen LogP contribution < -0.4 is 4.74 Å². The fraction of sp³-hybridized carbons (Fsp3) is 0.0667. The van der Waals surface area contributed by atoms with Gasteiger partial charge in [-0.3, -0.25) is 4.99 Å². The minimum Gasteiger partial charge on any atom is -0.480 e. The van der Waals surface area contributed by atoms with Crippen molar-refractivity contribution in [2.24, 2.45) is 4.99 Å². The Balaban J connectivity index is 2.09. The lowest BCUT2D eigenvalue weighted by atomic mass is 10.2. The normalized spacial score (nSPS) is 10.8. The van der Waals surface area contributed by atoms with E-state index in [1.165, 1.54) is 0 Å². The van der Waals surface area contributed by atoms with E-state index in [1.807, 2.05) is 0 Å². The highest BCUT2D eigenvalue weighted by atomic mass is 35.5. The van der Waals surface area contributed by atoms with Crippen LogP contribution in [0.4, 0.5) is 5.69 Å². The first-order valence-electron chi connectivity index (χ1n) is 5.98. The number of carboxylic acids is 1. The molecule has 2 aromatic carbocycles. The van der Waals surface area contributed by atoms with E-state index in [2.05, 4.69) is 4.99 Å². The number of aliphatic carboxylic acids is 1. The van der Waals surface area contributed by atoms with Crippen molar-refractivity contribution in [1.82, 2.24) is 0 Å². The predicted molar refractivity (Wildman–Crippen MR) is 83.3 cm³/mol. The van der Waals surface area contributed by atoms with E-state index >= 15 is 0 Å². The monoisotopic (exact) mass is 323 g/mol. The Bertz CT molecular complexity index is 669. The number of halogens is 2. The van der Waals surface area contributed by atoms with Crippen LogP contribution in [-0.2, 0) is 4.79 Å². The molecule has 0 saturated carbocycles. The first-order valence-corrected chi connectivity index (χ1v) is 6.74. The molecule has 0 fully saturated rings. The summed E-state index contributed by atoms with van der Waals surface area (Å²) in [6, 6.07) is 12.1. The summed E-state index contributed by atoms with van der Waals surface area (Å²) in [5.74, 6) is -0.734. The molecule has 0 bridgehead atoms. The molecule has 2 rings (SSSR count). The number of ether oxygens (including phenoxy) is 1. The van der Waals surface area contributed by atoms with Crippen LogP contribution in [0.1, 0.15) is 5.56 Å². The van der Waals surface area contributed by atoms with Crippen molar-refractivity contribution in [1.29, 1.82) is 0 Å². The summed E-state index contributed by atoms with van der Waals surface area (Å²) in [6.45, 7) is -0.433. The molecule has 0 aliphatic carbocycles. The molecule has 0 radical (unpaired) electrons. The van der Waals surface area contributed by atoms with Gasteiger partial charge in [0.1, 0.15) is 5.75 Å². The van der Waals surface area contributed by atoms with Gasteiger partial charge in [0, 0.05) is 11.2 Å². The summed E-state index contributed by atoms with van der Waals surface area (Å²) < 4.78 is 5.04. The number of nitrogens with zero attached hydrogens (tertiary/aromatic N) is 1. The molecule has 108 valence electrons. The van der Waals surface area contributed by atoms with Gasteiger partial charge in [0.15, 0.2) is 6.61 Å². The van der Waals surface area contributed by atoms with Crippen LogP contribution in [0.3, 0.4) is 0 Å². The van der Waals surface area contributed by atoms with Gasteiger partial charge in [-0.1, -0.05) is 23.2 Å². The second kappa shape index (κ2) is 7.11. The zero-order chi connectivity index (χ0) is 15.2. The van der Waals surface area contributed by atoms with Crippen molar-refractivity contribution in [2.75, 3.05) is 6.61 Å². The van der Waals surface area contributed by atoms with Crippen molar-refractivity contribution >= 4 is 41.1 Å². The van der Waals surface area contributed by atoms with Gasteiger partial charge in [0.25, 0.3) is 0 Å². The molecule has 1 N–H and O–H groups in total. The van der Waals surface area contributed by atoms with E-state index < -0.39 is 12.6 Å². The molecular formula is C15H11Cl2NO3. The van der Waals surface area contributed by atoms with E-state index in [-0.39, 0.29) is 0 Å². The summed E-state index contributed by atoms with van der Waals surface area (Å²) in [5, 5.41) is 9.53. The average Bonchev–Trinajstić information content (AvgIpc) is 2.45. The third kappa shape index (κ3) is 4.77. The Labute approximate surface area is 131 Å². The van der Waals surface area contributed by atoms with Crippen LogP contribution in [0.15, 0.2) is 47.5 Å². The van der Waals surface area contributed by atoms with Crippen molar-refractivity contribution < 1.29 is 14.6 Å². The van der Waals surface area contributed by atoms with Crippen LogP contribution in [-0.4, -0.2) is 23.9 Å². The Morgan fingerprint density at radius 3 is 2.52 bits per heavy atom. The van der Waals surface area contributed by atoms with Crippen LogP contribution in [0, 0.1) is 0 Å². The highest BCUT2D eigenvalue weighted by Gasteiger charge is 2.04. The smallest absolute Gasteiger partial charge is 0.341 e. The molecule has 0 spiro atoms. The molecule has 4 nitrogen and oxygen atoms in total.